The lowest BCUT2D eigenvalue weighted by atomic mass is 10.1. The Bertz CT molecular complexity index is 948. The topological polar surface area (TPSA) is 66.2 Å². The zero-order chi connectivity index (χ0) is 21.4. The molecule has 6 nitrogen and oxygen atoms in total. The number of rotatable bonds is 11. The number of carbonyl (C=O) groups excluding carboxylic acids is 1. The summed E-state index contributed by atoms with van der Waals surface area (Å²) in [6, 6.07) is 14.8. The third kappa shape index (κ3) is 5.59. The minimum absolute atomic E-state index is 0.278. The van der Waals surface area contributed by atoms with E-state index in [0.29, 0.717) is 16.8 Å². The van der Waals surface area contributed by atoms with Gasteiger partial charge < -0.3 is 9.47 Å². The number of unbranched alkanes of at least 4 members (excludes halogenated alkanes) is 5. The lowest BCUT2D eigenvalue weighted by Gasteiger charge is -2.24. The van der Waals surface area contributed by atoms with Crippen LogP contribution in [0.15, 0.2) is 48.5 Å². The highest BCUT2D eigenvalue weighted by Gasteiger charge is 2.33. The van der Waals surface area contributed by atoms with Crippen LogP contribution < -0.4 is 9.47 Å². The predicted octanol–water partition coefficient (Wildman–Crippen LogP) is 5.67. The second kappa shape index (κ2) is 10.2. The molecule has 0 amide bonds. The summed E-state index contributed by atoms with van der Waals surface area (Å²) in [7, 11) is 0. The maximum absolute atomic E-state index is 13.0. The Hall–Kier alpha value is -2.89. The van der Waals surface area contributed by atoms with Crippen LogP contribution >= 0.6 is 0 Å². The monoisotopic (exact) mass is 409 g/mol. The zero-order valence-corrected chi connectivity index (χ0v) is 18.1. The highest BCUT2D eigenvalue weighted by atomic mass is 16.5. The minimum atomic E-state index is -1.10. The molecule has 2 aromatic carbocycles. The molecule has 0 unspecified atom stereocenters. The van der Waals surface area contributed by atoms with E-state index in [4.69, 9.17) is 9.47 Å². The summed E-state index contributed by atoms with van der Waals surface area (Å²) in [5, 5.41) is 8.05. The molecule has 3 aromatic rings. The van der Waals surface area contributed by atoms with Gasteiger partial charge in [-0.15, -0.1) is 5.10 Å². The number of hydrogen-bond donors (Lipinski definition) is 0. The van der Waals surface area contributed by atoms with Crippen LogP contribution in [0.3, 0.4) is 0 Å². The fourth-order valence-corrected chi connectivity index (χ4v) is 3.29. The molecule has 1 heterocycles. The van der Waals surface area contributed by atoms with Gasteiger partial charge in [0.15, 0.2) is 5.60 Å². The normalized spacial score (nSPS) is 11.6. The minimum Gasteiger partial charge on any atom is -0.494 e. The van der Waals surface area contributed by atoms with Crippen molar-refractivity contribution in [3.05, 3.63) is 48.5 Å². The molecule has 0 aliphatic heterocycles. The van der Waals surface area contributed by atoms with Crippen molar-refractivity contribution < 1.29 is 14.3 Å². The Morgan fingerprint density at radius 3 is 2.37 bits per heavy atom. The number of benzene rings is 2. The van der Waals surface area contributed by atoms with E-state index in [-0.39, 0.29) is 5.91 Å². The molecule has 30 heavy (non-hydrogen) atoms. The maximum Gasteiger partial charge on any atom is 0.292 e. The Morgan fingerprint density at radius 1 is 0.933 bits per heavy atom. The van der Waals surface area contributed by atoms with Gasteiger partial charge in [0.2, 0.25) is 0 Å². The van der Waals surface area contributed by atoms with E-state index >= 15 is 0 Å². The van der Waals surface area contributed by atoms with Crippen molar-refractivity contribution in [2.24, 2.45) is 0 Å². The van der Waals surface area contributed by atoms with Gasteiger partial charge in [-0.05, 0) is 56.7 Å². The lowest BCUT2D eigenvalue weighted by molar-refractivity contribution is 0.0473. The van der Waals surface area contributed by atoms with Crippen LogP contribution in [0.4, 0.5) is 0 Å². The fourth-order valence-electron chi connectivity index (χ4n) is 3.29. The van der Waals surface area contributed by atoms with Crippen LogP contribution in [0.1, 0.15) is 64.1 Å². The average molecular weight is 410 g/mol. The van der Waals surface area contributed by atoms with Gasteiger partial charge in [0.25, 0.3) is 5.91 Å². The van der Waals surface area contributed by atoms with Crippen molar-refractivity contribution in [1.29, 1.82) is 0 Å². The number of para-hydroxylation sites is 1. The molecule has 0 radical (unpaired) electrons. The molecule has 6 heteroatoms. The van der Waals surface area contributed by atoms with Crippen LogP contribution in [0.2, 0.25) is 0 Å². The summed E-state index contributed by atoms with van der Waals surface area (Å²) in [6.07, 6.45) is 7.43. The van der Waals surface area contributed by atoms with E-state index < -0.39 is 5.60 Å². The number of hydrogen-bond acceptors (Lipinski definition) is 5. The van der Waals surface area contributed by atoms with E-state index in [1.807, 2.05) is 48.5 Å². The van der Waals surface area contributed by atoms with Crippen molar-refractivity contribution in [2.45, 2.75) is 64.9 Å². The number of fused-ring (bicyclic) bond motifs is 1. The first-order valence-electron chi connectivity index (χ1n) is 10.8. The molecule has 0 N–H and O–H groups in total. The molecule has 0 saturated carbocycles. The summed E-state index contributed by atoms with van der Waals surface area (Å²) in [5.41, 5.74) is 0.239. The smallest absolute Gasteiger partial charge is 0.292 e. The Morgan fingerprint density at radius 2 is 1.60 bits per heavy atom. The average Bonchev–Trinajstić information content (AvgIpc) is 3.17. The van der Waals surface area contributed by atoms with Crippen molar-refractivity contribution >= 4 is 16.9 Å². The number of carbonyl (C=O) groups is 1. The summed E-state index contributed by atoms with van der Waals surface area (Å²) >= 11 is 0. The molecule has 0 spiro atoms. The molecule has 0 saturated heterocycles. The number of aromatic nitrogens is 3. The van der Waals surface area contributed by atoms with Gasteiger partial charge in [0.1, 0.15) is 17.0 Å². The molecule has 0 aliphatic rings. The first-order valence-corrected chi connectivity index (χ1v) is 10.8. The van der Waals surface area contributed by atoms with Gasteiger partial charge in [0.05, 0.1) is 12.1 Å². The van der Waals surface area contributed by atoms with Crippen LogP contribution in [-0.4, -0.2) is 33.1 Å². The van der Waals surface area contributed by atoms with Gasteiger partial charge in [0, 0.05) is 0 Å². The van der Waals surface area contributed by atoms with E-state index in [2.05, 4.69) is 17.2 Å². The Labute approximate surface area is 178 Å². The van der Waals surface area contributed by atoms with Crippen molar-refractivity contribution in [1.82, 2.24) is 15.0 Å². The maximum atomic E-state index is 13.0. The first-order chi connectivity index (χ1) is 14.5. The van der Waals surface area contributed by atoms with Crippen molar-refractivity contribution in [3.63, 3.8) is 0 Å². The van der Waals surface area contributed by atoms with Crippen LogP contribution in [0.25, 0.3) is 11.0 Å². The van der Waals surface area contributed by atoms with Gasteiger partial charge in [-0.1, -0.05) is 56.4 Å². The Balaban J connectivity index is 1.53. The molecule has 3 rings (SSSR count). The third-order valence-electron chi connectivity index (χ3n) is 5.02. The molecule has 0 fully saturated rings. The van der Waals surface area contributed by atoms with Crippen molar-refractivity contribution in [3.8, 4) is 11.5 Å². The van der Waals surface area contributed by atoms with Crippen molar-refractivity contribution in [2.75, 3.05) is 6.61 Å². The molecule has 0 aliphatic carbocycles. The summed E-state index contributed by atoms with van der Waals surface area (Å²) in [5.74, 6) is 1.13. The molecule has 160 valence electrons. The SMILES string of the molecule is CCCCCCCCOc1ccc(OC(C)(C)C(=O)n2nnc3ccccc32)cc1. The van der Waals surface area contributed by atoms with E-state index in [0.717, 1.165) is 18.8 Å². The highest BCUT2D eigenvalue weighted by molar-refractivity contribution is 5.93. The molecule has 1 aromatic heterocycles. The number of nitrogens with zero attached hydrogens (tertiary/aromatic N) is 3. The van der Waals surface area contributed by atoms with E-state index in [1.54, 1.807) is 13.8 Å². The van der Waals surface area contributed by atoms with E-state index in [1.165, 1.54) is 36.8 Å². The quantitative estimate of drug-likeness (QED) is 0.382. The summed E-state index contributed by atoms with van der Waals surface area (Å²) < 4.78 is 13.1. The van der Waals surface area contributed by atoms with Gasteiger partial charge in [-0.2, -0.15) is 4.68 Å². The van der Waals surface area contributed by atoms with E-state index in [9.17, 15) is 4.79 Å². The van der Waals surface area contributed by atoms with Crippen LogP contribution in [0, 0.1) is 0 Å². The molecule has 0 bridgehead atoms. The van der Waals surface area contributed by atoms with Gasteiger partial charge >= 0.3 is 0 Å². The fraction of sp³-hybridized carbons (Fsp3) is 0.458. The summed E-state index contributed by atoms with van der Waals surface area (Å²) in [6.45, 7) is 6.41. The Kier molecular flexibility index (Phi) is 7.44. The first kappa shape index (κ1) is 21.8. The largest absolute Gasteiger partial charge is 0.494 e. The molecule has 0 atom stereocenters. The van der Waals surface area contributed by atoms with Crippen LogP contribution in [-0.2, 0) is 0 Å². The zero-order valence-electron chi connectivity index (χ0n) is 18.1. The third-order valence-corrected chi connectivity index (χ3v) is 5.02. The van der Waals surface area contributed by atoms with Gasteiger partial charge in [-0.25, -0.2) is 0 Å². The predicted molar refractivity (Wildman–Crippen MR) is 118 cm³/mol. The van der Waals surface area contributed by atoms with Crippen LogP contribution in [0.5, 0.6) is 11.5 Å². The highest BCUT2D eigenvalue weighted by Crippen LogP contribution is 2.24. The molecular weight excluding hydrogens is 378 g/mol. The summed E-state index contributed by atoms with van der Waals surface area (Å²) in [4.78, 5) is 13.0. The second-order valence-electron chi connectivity index (χ2n) is 8.00. The van der Waals surface area contributed by atoms with Gasteiger partial charge in [-0.3, -0.25) is 4.79 Å². The second-order valence-corrected chi connectivity index (χ2v) is 8.00. The standard InChI is InChI=1S/C24H31N3O3/c1-4-5-6-7-8-11-18-29-19-14-16-20(17-15-19)30-24(2,3)23(28)27-22-13-10-9-12-21(22)25-26-27/h9-10,12-17H,4-8,11,18H2,1-3H3. The number of ether oxygens (including phenoxy) is 2. The lowest BCUT2D eigenvalue weighted by Crippen LogP contribution is -2.42. The molecular formula is C24H31N3O3.